The molecule has 1 amide bonds. The summed E-state index contributed by atoms with van der Waals surface area (Å²) in [7, 11) is 0. The number of benzene rings is 2. The van der Waals surface area contributed by atoms with Gasteiger partial charge in [-0.15, -0.1) is 0 Å². The van der Waals surface area contributed by atoms with Crippen molar-refractivity contribution < 1.29 is 14.3 Å². The summed E-state index contributed by atoms with van der Waals surface area (Å²) in [6.45, 7) is 5.01. The molecule has 0 radical (unpaired) electrons. The van der Waals surface area contributed by atoms with Crippen molar-refractivity contribution in [1.82, 2.24) is 19.9 Å². The number of nitrogens with zero attached hydrogens (tertiary/aromatic N) is 2. The highest BCUT2D eigenvalue weighted by Crippen LogP contribution is 2.43. The summed E-state index contributed by atoms with van der Waals surface area (Å²) < 4.78 is 14.9. The van der Waals surface area contributed by atoms with Crippen LogP contribution in [0, 0.1) is 12.7 Å². The van der Waals surface area contributed by atoms with Gasteiger partial charge in [0.15, 0.2) is 5.69 Å². The molecule has 0 bridgehead atoms. The number of amides is 1. The van der Waals surface area contributed by atoms with Crippen molar-refractivity contribution >= 4 is 23.0 Å². The molecule has 186 valence electrons. The smallest absolute Gasteiger partial charge is 0.274 e. The maximum absolute atomic E-state index is 13.5. The SMILES string of the molecule is Cc1cc(-c2cn3nc(C(=O)NC(c4ccc(F)cc4)C(C)(C)O)c(C4CC4)c3c(=O)[nH]2)ccc1Cl. The second-order valence-corrected chi connectivity index (χ2v) is 10.3. The minimum absolute atomic E-state index is 0.0550. The van der Waals surface area contributed by atoms with Gasteiger partial charge in [0.2, 0.25) is 0 Å². The predicted molar refractivity (Wildman–Crippen MR) is 136 cm³/mol. The van der Waals surface area contributed by atoms with E-state index < -0.39 is 23.4 Å². The van der Waals surface area contributed by atoms with Gasteiger partial charge >= 0.3 is 0 Å². The third-order valence-corrected chi connectivity index (χ3v) is 6.94. The molecule has 0 saturated heterocycles. The Morgan fingerprint density at radius 1 is 1.25 bits per heavy atom. The van der Waals surface area contributed by atoms with E-state index in [0.29, 0.717) is 27.4 Å². The number of H-pyrrole nitrogens is 1. The van der Waals surface area contributed by atoms with E-state index in [2.05, 4.69) is 15.4 Å². The van der Waals surface area contributed by atoms with E-state index in [-0.39, 0.29) is 17.2 Å². The van der Waals surface area contributed by atoms with Gasteiger partial charge in [-0.3, -0.25) is 9.59 Å². The third-order valence-electron chi connectivity index (χ3n) is 6.52. The highest BCUT2D eigenvalue weighted by atomic mass is 35.5. The van der Waals surface area contributed by atoms with Crippen LogP contribution in [-0.2, 0) is 0 Å². The van der Waals surface area contributed by atoms with Crippen LogP contribution in [0.1, 0.15) is 65.8 Å². The quantitative estimate of drug-likeness (QED) is 0.344. The van der Waals surface area contributed by atoms with Crippen LogP contribution in [0.15, 0.2) is 53.5 Å². The first-order valence-electron chi connectivity index (χ1n) is 11.7. The molecule has 2 heterocycles. The Kier molecular flexibility index (Phi) is 5.97. The topological polar surface area (TPSA) is 99.5 Å². The van der Waals surface area contributed by atoms with Gasteiger partial charge in [0.25, 0.3) is 11.5 Å². The number of hydrogen-bond acceptors (Lipinski definition) is 4. The number of rotatable bonds is 6. The van der Waals surface area contributed by atoms with Crippen LogP contribution in [0.2, 0.25) is 5.02 Å². The lowest BCUT2D eigenvalue weighted by atomic mass is 9.91. The van der Waals surface area contributed by atoms with E-state index in [9.17, 15) is 19.1 Å². The van der Waals surface area contributed by atoms with Crippen molar-refractivity contribution in [3.05, 3.63) is 92.2 Å². The molecule has 1 aliphatic carbocycles. The van der Waals surface area contributed by atoms with Gasteiger partial charge in [-0.25, -0.2) is 8.91 Å². The molecule has 2 aromatic heterocycles. The molecular formula is C27H26ClFN4O3. The number of nitrogens with one attached hydrogen (secondary N) is 2. The fraction of sp³-hybridized carbons (Fsp3) is 0.296. The Morgan fingerprint density at radius 2 is 1.94 bits per heavy atom. The van der Waals surface area contributed by atoms with Crippen LogP contribution in [0.4, 0.5) is 4.39 Å². The van der Waals surface area contributed by atoms with E-state index >= 15 is 0 Å². The Bertz CT molecular complexity index is 1530. The Balaban J connectivity index is 1.58. The number of hydrogen-bond donors (Lipinski definition) is 3. The summed E-state index contributed by atoms with van der Waals surface area (Å²) in [6, 6.07) is 10.2. The minimum atomic E-state index is -1.34. The molecule has 2 aromatic carbocycles. The average Bonchev–Trinajstić information content (AvgIpc) is 3.58. The molecule has 1 saturated carbocycles. The Morgan fingerprint density at radius 3 is 2.56 bits per heavy atom. The Hall–Kier alpha value is -3.49. The molecule has 0 aliphatic heterocycles. The Labute approximate surface area is 211 Å². The predicted octanol–water partition coefficient (Wildman–Crippen LogP) is 4.91. The molecule has 1 aliphatic rings. The van der Waals surface area contributed by atoms with Gasteiger partial charge in [-0.2, -0.15) is 5.10 Å². The lowest BCUT2D eigenvalue weighted by molar-refractivity contribution is 0.0342. The van der Waals surface area contributed by atoms with Crippen LogP contribution in [-0.4, -0.2) is 31.2 Å². The lowest BCUT2D eigenvalue weighted by Gasteiger charge is -2.30. The number of carbonyl (C=O) groups excluding carboxylic acids is 1. The first kappa shape index (κ1) is 24.2. The van der Waals surface area contributed by atoms with Gasteiger partial charge in [0, 0.05) is 10.6 Å². The minimum Gasteiger partial charge on any atom is -0.388 e. The summed E-state index contributed by atoms with van der Waals surface area (Å²) >= 11 is 6.15. The second kappa shape index (κ2) is 8.87. The number of aromatic amines is 1. The normalized spacial score (nSPS) is 14.7. The molecule has 1 fully saturated rings. The number of aryl methyl sites for hydroxylation is 1. The average molecular weight is 509 g/mol. The van der Waals surface area contributed by atoms with Crippen molar-refractivity contribution in [2.24, 2.45) is 0 Å². The number of aliphatic hydroxyl groups is 1. The highest BCUT2D eigenvalue weighted by Gasteiger charge is 2.37. The van der Waals surface area contributed by atoms with E-state index in [1.165, 1.54) is 28.8 Å². The molecule has 7 nitrogen and oxygen atoms in total. The first-order chi connectivity index (χ1) is 17.0. The summed E-state index contributed by atoms with van der Waals surface area (Å²) in [5.74, 6) is -0.874. The van der Waals surface area contributed by atoms with E-state index in [1.807, 2.05) is 19.1 Å². The standard InChI is InChI=1S/C27H26ClFN4O3/c1-14-12-17(8-11-19(14)28)20-13-33-23(26(35)30-20)21(15-4-5-15)22(32-33)25(34)31-24(27(2,3)36)16-6-9-18(29)10-7-16/h6-13,15,24,36H,4-5H2,1-3H3,(H,30,35)(H,31,34). The molecule has 9 heteroatoms. The van der Waals surface area contributed by atoms with Crippen molar-refractivity contribution in [3.8, 4) is 11.3 Å². The summed E-state index contributed by atoms with van der Waals surface area (Å²) in [4.78, 5) is 29.6. The maximum atomic E-state index is 13.5. The van der Waals surface area contributed by atoms with Gasteiger partial charge in [-0.1, -0.05) is 29.8 Å². The fourth-order valence-corrected chi connectivity index (χ4v) is 4.63. The van der Waals surface area contributed by atoms with Crippen molar-refractivity contribution in [1.29, 1.82) is 0 Å². The molecule has 3 N–H and O–H groups in total. The van der Waals surface area contributed by atoms with Crippen LogP contribution >= 0.6 is 11.6 Å². The van der Waals surface area contributed by atoms with Crippen LogP contribution in [0.5, 0.6) is 0 Å². The molecular weight excluding hydrogens is 483 g/mol. The molecule has 0 spiro atoms. The van der Waals surface area contributed by atoms with Crippen molar-refractivity contribution in [3.63, 3.8) is 0 Å². The number of halogens is 2. The van der Waals surface area contributed by atoms with E-state index in [1.54, 1.807) is 26.1 Å². The van der Waals surface area contributed by atoms with Gasteiger partial charge in [0.1, 0.15) is 11.3 Å². The zero-order valence-corrected chi connectivity index (χ0v) is 20.9. The zero-order chi connectivity index (χ0) is 25.8. The van der Waals surface area contributed by atoms with Gasteiger partial charge in [-0.05, 0) is 80.5 Å². The fourth-order valence-electron chi connectivity index (χ4n) is 4.51. The van der Waals surface area contributed by atoms with Crippen molar-refractivity contribution in [2.75, 3.05) is 0 Å². The largest absolute Gasteiger partial charge is 0.388 e. The van der Waals surface area contributed by atoms with Crippen molar-refractivity contribution in [2.45, 2.75) is 51.2 Å². The molecule has 1 atom stereocenters. The highest BCUT2D eigenvalue weighted by molar-refractivity contribution is 6.31. The molecule has 4 aromatic rings. The molecule has 5 rings (SSSR count). The van der Waals surface area contributed by atoms with Gasteiger partial charge in [0.05, 0.1) is 23.5 Å². The van der Waals surface area contributed by atoms with E-state index in [4.69, 9.17) is 11.6 Å². The third kappa shape index (κ3) is 4.54. The summed E-state index contributed by atoms with van der Waals surface area (Å²) in [5, 5.41) is 18.8. The molecule has 36 heavy (non-hydrogen) atoms. The number of aromatic nitrogens is 3. The summed E-state index contributed by atoms with van der Waals surface area (Å²) in [6.07, 6.45) is 3.40. The van der Waals surface area contributed by atoms with Crippen LogP contribution < -0.4 is 10.9 Å². The van der Waals surface area contributed by atoms with Gasteiger partial charge < -0.3 is 15.4 Å². The zero-order valence-electron chi connectivity index (χ0n) is 20.1. The second-order valence-electron chi connectivity index (χ2n) is 9.90. The number of fused-ring (bicyclic) bond motifs is 1. The van der Waals surface area contributed by atoms with E-state index in [0.717, 1.165) is 24.0 Å². The number of carbonyl (C=O) groups is 1. The first-order valence-corrected chi connectivity index (χ1v) is 12.1. The monoisotopic (exact) mass is 508 g/mol. The van der Waals surface area contributed by atoms with Crippen LogP contribution in [0.25, 0.3) is 16.8 Å². The maximum Gasteiger partial charge on any atom is 0.274 e. The molecule has 1 unspecified atom stereocenters. The lowest BCUT2D eigenvalue weighted by Crippen LogP contribution is -2.42. The summed E-state index contributed by atoms with van der Waals surface area (Å²) in [5.41, 5.74) is 2.12. The van der Waals surface area contributed by atoms with Crippen LogP contribution in [0.3, 0.4) is 0 Å².